The monoisotopic (exact) mass is 384 g/mol. The summed E-state index contributed by atoms with van der Waals surface area (Å²) < 4.78 is 16.2. The first-order valence-corrected chi connectivity index (χ1v) is 9.12. The molecule has 1 unspecified atom stereocenters. The van der Waals surface area contributed by atoms with Crippen molar-refractivity contribution >= 4 is 11.9 Å². The highest BCUT2D eigenvalue weighted by atomic mass is 16.5. The second kappa shape index (κ2) is 8.21. The minimum Gasteiger partial charge on any atom is -0.497 e. The Morgan fingerprint density at radius 3 is 2.07 bits per heavy atom. The molecule has 1 atom stereocenters. The lowest BCUT2D eigenvalue weighted by molar-refractivity contribution is -0.131. The van der Waals surface area contributed by atoms with Gasteiger partial charge in [-0.15, -0.1) is 0 Å². The van der Waals surface area contributed by atoms with Crippen molar-refractivity contribution in [3.8, 4) is 17.2 Å². The Labute approximate surface area is 164 Å². The van der Waals surface area contributed by atoms with E-state index in [1.54, 1.807) is 50.4 Å². The first-order valence-electron chi connectivity index (χ1n) is 9.12. The van der Waals surface area contributed by atoms with Gasteiger partial charge in [0.15, 0.2) is 0 Å². The number of ether oxygens (including phenoxy) is 3. The summed E-state index contributed by atoms with van der Waals surface area (Å²) in [7, 11) is 1.57. The highest BCUT2D eigenvalue weighted by Crippen LogP contribution is 2.30. The molecule has 3 rings (SSSR count). The van der Waals surface area contributed by atoms with Crippen molar-refractivity contribution in [3.63, 3.8) is 0 Å². The number of hydrogen-bond acceptors (Lipinski definition) is 5. The Morgan fingerprint density at radius 2 is 1.50 bits per heavy atom. The molecule has 1 fully saturated rings. The van der Waals surface area contributed by atoms with E-state index in [9.17, 15) is 9.59 Å². The van der Waals surface area contributed by atoms with Gasteiger partial charge in [0, 0.05) is 0 Å². The number of benzene rings is 2. The Morgan fingerprint density at radius 1 is 0.929 bits per heavy atom. The van der Waals surface area contributed by atoms with Gasteiger partial charge < -0.3 is 19.5 Å². The summed E-state index contributed by atoms with van der Waals surface area (Å²) in [5.74, 6) is 1.79. The van der Waals surface area contributed by atoms with Crippen molar-refractivity contribution in [3.05, 3.63) is 54.1 Å². The molecule has 0 bridgehead atoms. The number of amides is 3. The molecule has 0 saturated carbocycles. The molecule has 1 heterocycles. The fraction of sp³-hybridized carbons (Fsp3) is 0.333. The normalized spacial score (nSPS) is 18.8. The molecule has 3 amide bonds. The van der Waals surface area contributed by atoms with Crippen molar-refractivity contribution in [1.29, 1.82) is 0 Å². The maximum absolute atomic E-state index is 12.9. The van der Waals surface area contributed by atoms with Crippen LogP contribution in [0, 0.1) is 0 Å². The minimum atomic E-state index is -1.11. The van der Waals surface area contributed by atoms with E-state index < -0.39 is 11.6 Å². The van der Waals surface area contributed by atoms with Gasteiger partial charge in [-0.3, -0.25) is 9.69 Å². The summed E-state index contributed by atoms with van der Waals surface area (Å²) in [4.78, 5) is 26.4. The van der Waals surface area contributed by atoms with E-state index in [2.05, 4.69) is 5.32 Å². The van der Waals surface area contributed by atoms with Gasteiger partial charge in [-0.2, -0.15) is 0 Å². The van der Waals surface area contributed by atoms with Crippen LogP contribution in [0.25, 0.3) is 0 Å². The summed E-state index contributed by atoms with van der Waals surface area (Å²) in [6.07, 6.45) is 0. The molecule has 2 aromatic rings. The van der Waals surface area contributed by atoms with Crippen LogP contribution in [0.2, 0.25) is 0 Å². The zero-order valence-electron chi connectivity index (χ0n) is 16.2. The van der Waals surface area contributed by atoms with Gasteiger partial charge in [-0.05, 0) is 55.8 Å². The van der Waals surface area contributed by atoms with Gasteiger partial charge in [-0.1, -0.05) is 12.1 Å². The van der Waals surface area contributed by atoms with E-state index in [4.69, 9.17) is 14.2 Å². The van der Waals surface area contributed by atoms with Crippen LogP contribution in [0.15, 0.2) is 48.5 Å². The Kier molecular flexibility index (Phi) is 5.73. The second-order valence-corrected chi connectivity index (χ2v) is 6.49. The van der Waals surface area contributed by atoms with Crippen LogP contribution in [0.3, 0.4) is 0 Å². The van der Waals surface area contributed by atoms with Crippen LogP contribution in [0.4, 0.5) is 4.79 Å². The zero-order chi connectivity index (χ0) is 20.1. The third-order valence-electron chi connectivity index (χ3n) is 4.66. The van der Waals surface area contributed by atoms with Crippen LogP contribution < -0.4 is 19.5 Å². The lowest BCUT2D eigenvalue weighted by Crippen LogP contribution is -2.41. The van der Waals surface area contributed by atoms with Crippen molar-refractivity contribution < 1.29 is 23.8 Å². The van der Waals surface area contributed by atoms with Crippen LogP contribution in [0.1, 0.15) is 19.4 Å². The van der Waals surface area contributed by atoms with Crippen LogP contribution in [0.5, 0.6) is 17.2 Å². The van der Waals surface area contributed by atoms with E-state index in [0.717, 1.165) is 5.75 Å². The fourth-order valence-corrected chi connectivity index (χ4v) is 3.07. The predicted molar refractivity (Wildman–Crippen MR) is 104 cm³/mol. The highest BCUT2D eigenvalue weighted by molar-refractivity contribution is 6.07. The number of carbonyl (C=O) groups is 2. The lowest BCUT2D eigenvalue weighted by atomic mass is 9.92. The Bertz CT molecular complexity index is 835. The summed E-state index contributed by atoms with van der Waals surface area (Å²) in [6, 6.07) is 13.8. The minimum absolute atomic E-state index is 0.156. The fourth-order valence-electron chi connectivity index (χ4n) is 3.07. The lowest BCUT2D eigenvalue weighted by Gasteiger charge is -2.22. The van der Waals surface area contributed by atoms with Crippen molar-refractivity contribution in [2.45, 2.75) is 19.4 Å². The highest BCUT2D eigenvalue weighted by Gasteiger charge is 2.48. The van der Waals surface area contributed by atoms with Gasteiger partial charge >= 0.3 is 6.03 Å². The summed E-state index contributed by atoms with van der Waals surface area (Å²) in [6.45, 7) is 4.57. The number of carbonyl (C=O) groups excluding carboxylic acids is 2. The number of methoxy groups -OCH3 is 1. The van der Waals surface area contributed by atoms with Crippen LogP contribution >= 0.6 is 0 Å². The van der Waals surface area contributed by atoms with Gasteiger partial charge in [0.1, 0.15) is 29.4 Å². The molecule has 1 N–H and O–H groups in total. The van der Waals surface area contributed by atoms with Crippen molar-refractivity contribution in [2.24, 2.45) is 0 Å². The first kappa shape index (κ1) is 19.5. The van der Waals surface area contributed by atoms with E-state index in [1.807, 2.05) is 19.1 Å². The second-order valence-electron chi connectivity index (χ2n) is 6.49. The van der Waals surface area contributed by atoms with Gasteiger partial charge in [0.25, 0.3) is 5.91 Å². The van der Waals surface area contributed by atoms with Crippen LogP contribution in [-0.2, 0) is 10.3 Å². The van der Waals surface area contributed by atoms with E-state index in [-0.39, 0.29) is 19.1 Å². The van der Waals surface area contributed by atoms with E-state index >= 15 is 0 Å². The van der Waals surface area contributed by atoms with E-state index in [1.165, 1.54) is 4.90 Å². The molecule has 1 aliphatic heterocycles. The SMILES string of the molecule is CCOc1ccc(OCCN2C(=O)NC(C)(c3ccc(OC)cc3)C2=O)cc1. The molecule has 0 aliphatic carbocycles. The molecule has 0 spiro atoms. The summed E-state index contributed by atoms with van der Waals surface area (Å²) in [5.41, 5.74) is -0.413. The zero-order valence-corrected chi connectivity index (χ0v) is 16.2. The summed E-state index contributed by atoms with van der Waals surface area (Å²) in [5, 5.41) is 2.78. The van der Waals surface area contributed by atoms with E-state index in [0.29, 0.717) is 23.7 Å². The average molecular weight is 384 g/mol. The number of imide groups is 1. The third-order valence-corrected chi connectivity index (χ3v) is 4.66. The smallest absolute Gasteiger partial charge is 0.325 e. The van der Waals surface area contributed by atoms with Crippen molar-refractivity contribution in [2.75, 3.05) is 26.9 Å². The molecule has 1 saturated heterocycles. The molecule has 7 heteroatoms. The largest absolute Gasteiger partial charge is 0.497 e. The number of rotatable bonds is 8. The molecule has 0 aromatic heterocycles. The number of nitrogens with zero attached hydrogens (tertiary/aromatic N) is 1. The third kappa shape index (κ3) is 3.88. The molecule has 1 aliphatic rings. The molecule has 2 aromatic carbocycles. The quantitative estimate of drug-likeness (QED) is 0.708. The van der Waals surface area contributed by atoms with Crippen LogP contribution in [-0.4, -0.2) is 43.7 Å². The van der Waals surface area contributed by atoms with Gasteiger partial charge in [0.05, 0.1) is 20.3 Å². The Hall–Kier alpha value is -3.22. The first-order chi connectivity index (χ1) is 13.5. The van der Waals surface area contributed by atoms with Gasteiger partial charge in [-0.25, -0.2) is 4.79 Å². The van der Waals surface area contributed by atoms with Gasteiger partial charge in [0.2, 0.25) is 0 Å². The molecular weight excluding hydrogens is 360 g/mol. The topological polar surface area (TPSA) is 77.1 Å². The molecule has 28 heavy (non-hydrogen) atoms. The maximum Gasteiger partial charge on any atom is 0.325 e. The maximum atomic E-state index is 12.9. The number of nitrogens with one attached hydrogen (secondary N) is 1. The molecule has 148 valence electrons. The van der Waals surface area contributed by atoms with Crippen molar-refractivity contribution in [1.82, 2.24) is 10.2 Å². The predicted octanol–water partition coefficient (Wildman–Crippen LogP) is 2.94. The number of hydrogen-bond donors (Lipinski definition) is 1. The number of urea groups is 1. The standard InChI is InChI=1S/C21H24N2O5/c1-4-27-17-9-11-18(12-10-17)28-14-13-23-19(24)21(2,22-20(23)25)15-5-7-16(26-3)8-6-15/h5-12H,4,13-14H2,1-3H3,(H,22,25). The molecule has 7 nitrogen and oxygen atoms in total. The average Bonchev–Trinajstić information content (AvgIpc) is 2.93. The Balaban J connectivity index is 1.61. The molecule has 0 radical (unpaired) electrons. The molecular formula is C21H24N2O5. The summed E-state index contributed by atoms with van der Waals surface area (Å²) >= 11 is 0.